The fourth-order valence-electron chi connectivity index (χ4n) is 3.47. The molecule has 0 N–H and O–H groups in total. The first-order chi connectivity index (χ1) is 15.3. The lowest BCUT2D eigenvalue weighted by Gasteiger charge is -2.16. The van der Waals surface area contributed by atoms with Gasteiger partial charge < -0.3 is 14.2 Å². The summed E-state index contributed by atoms with van der Waals surface area (Å²) in [6.45, 7) is 3.88. The molecule has 0 saturated carbocycles. The van der Waals surface area contributed by atoms with Gasteiger partial charge in [-0.2, -0.15) is 0 Å². The highest BCUT2D eigenvalue weighted by Gasteiger charge is 2.25. The number of para-hydroxylation sites is 1. The van der Waals surface area contributed by atoms with Gasteiger partial charge in [0.2, 0.25) is 0 Å². The van der Waals surface area contributed by atoms with Crippen LogP contribution in [0.5, 0.6) is 0 Å². The van der Waals surface area contributed by atoms with Gasteiger partial charge in [0.25, 0.3) is 10.0 Å². The average Bonchev–Trinajstić information content (AvgIpc) is 3.17. The lowest BCUT2D eigenvalue weighted by Crippen LogP contribution is -2.12. The standard InChI is InChI=1S/C24H27NO6S/c1-5-31-24(26)15-18(29-3)14-23(30-4)21-16-25(22-9-7-6-8-20(21)22)32(27,28)19-12-10-17(2)11-13-19/h6-13,15-16,23H,5,14H2,1-4H3/b18-15-. The molecule has 0 fully saturated rings. The van der Waals surface area contributed by atoms with E-state index in [4.69, 9.17) is 14.2 Å². The summed E-state index contributed by atoms with van der Waals surface area (Å²) in [4.78, 5) is 12.0. The van der Waals surface area contributed by atoms with Gasteiger partial charge in [0.1, 0.15) is 5.76 Å². The largest absolute Gasteiger partial charge is 0.501 e. The summed E-state index contributed by atoms with van der Waals surface area (Å²) in [5, 5.41) is 0.738. The van der Waals surface area contributed by atoms with Crippen molar-refractivity contribution >= 4 is 26.9 Å². The highest BCUT2D eigenvalue weighted by Crippen LogP contribution is 2.34. The first-order valence-electron chi connectivity index (χ1n) is 10.2. The van der Waals surface area contributed by atoms with E-state index in [0.29, 0.717) is 16.8 Å². The van der Waals surface area contributed by atoms with Gasteiger partial charge in [0, 0.05) is 30.7 Å². The SMILES string of the molecule is CCOC(=O)/C=C(/CC(OC)c1cn(S(=O)(=O)c2ccc(C)cc2)c2ccccc12)OC. The third kappa shape index (κ3) is 4.87. The van der Waals surface area contributed by atoms with E-state index in [2.05, 4.69) is 0 Å². The van der Waals surface area contributed by atoms with Crippen LogP contribution in [0.2, 0.25) is 0 Å². The summed E-state index contributed by atoms with van der Waals surface area (Å²) in [5.41, 5.74) is 2.19. The zero-order valence-electron chi connectivity index (χ0n) is 18.6. The molecular formula is C24H27NO6S. The van der Waals surface area contributed by atoms with Crippen molar-refractivity contribution in [3.63, 3.8) is 0 Å². The molecule has 170 valence electrons. The van der Waals surface area contributed by atoms with Crippen LogP contribution in [0.4, 0.5) is 0 Å². The molecule has 1 atom stereocenters. The van der Waals surface area contributed by atoms with Crippen LogP contribution in [-0.2, 0) is 29.0 Å². The second-order valence-electron chi connectivity index (χ2n) is 7.21. The van der Waals surface area contributed by atoms with Crippen molar-refractivity contribution < 1.29 is 27.4 Å². The summed E-state index contributed by atoms with van der Waals surface area (Å²) in [7, 11) is -0.831. The fourth-order valence-corrected chi connectivity index (χ4v) is 4.85. The second-order valence-corrected chi connectivity index (χ2v) is 9.03. The van der Waals surface area contributed by atoms with Gasteiger partial charge in [-0.3, -0.25) is 0 Å². The Morgan fingerprint density at radius 1 is 1.09 bits per heavy atom. The van der Waals surface area contributed by atoms with Gasteiger partial charge in [0.05, 0.1) is 36.3 Å². The van der Waals surface area contributed by atoms with E-state index in [-0.39, 0.29) is 17.9 Å². The highest BCUT2D eigenvalue weighted by atomic mass is 32.2. The van der Waals surface area contributed by atoms with E-state index >= 15 is 0 Å². The van der Waals surface area contributed by atoms with Crippen LogP contribution >= 0.6 is 0 Å². The third-order valence-electron chi connectivity index (χ3n) is 5.13. The first-order valence-corrected chi connectivity index (χ1v) is 11.6. The average molecular weight is 458 g/mol. The number of ether oxygens (including phenoxy) is 3. The molecule has 0 aliphatic rings. The molecular weight excluding hydrogens is 430 g/mol. The topological polar surface area (TPSA) is 83.8 Å². The molecule has 1 heterocycles. The minimum Gasteiger partial charge on any atom is -0.501 e. The monoisotopic (exact) mass is 457 g/mol. The zero-order chi connectivity index (χ0) is 23.3. The van der Waals surface area contributed by atoms with E-state index in [0.717, 1.165) is 10.9 Å². The molecule has 8 heteroatoms. The Kier molecular flexibility index (Phi) is 7.37. The molecule has 2 aromatic carbocycles. The number of aryl methyl sites for hydroxylation is 1. The Morgan fingerprint density at radius 2 is 1.78 bits per heavy atom. The minimum absolute atomic E-state index is 0.198. The molecule has 0 bridgehead atoms. The Labute approximate surface area is 188 Å². The van der Waals surface area contributed by atoms with Gasteiger partial charge in [-0.15, -0.1) is 0 Å². The molecule has 3 aromatic rings. The number of carbonyl (C=O) groups excluding carboxylic acids is 1. The van der Waals surface area contributed by atoms with E-state index in [9.17, 15) is 13.2 Å². The Morgan fingerprint density at radius 3 is 2.41 bits per heavy atom. The van der Waals surface area contributed by atoms with Crippen molar-refractivity contribution in [3.8, 4) is 0 Å². The third-order valence-corrected chi connectivity index (χ3v) is 6.82. The summed E-state index contributed by atoms with van der Waals surface area (Å²) in [6, 6.07) is 14.0. The minimum atomic E-state index is -3.82. The normalized spacial score (nSPS) is 13.2. The maximum Gasteiger partial charge on any atom is 0.334 e. The van der Waals surface area contributed by atoms with Crippen LogP contribution in [-0.4, -0.2) is 39.2 Å². The van der Waals surface area contributed by atoms with E-state index < -0.39 is 22.1 Å². The number of rotatable bonds is 9. The summed E-state index contributed by atoms with van der Waals surface area (Å²) < 4.78 is 44.1. The molecule has 0 spiro atoms. The number of benzene rings is 2. The number of hydrogen-bond donors (Lipinski definition) is 0. The van der Waals surface area contributed by atoms with E-state index in [1.54, 1.807) is 49.5 Å². The number of nitrogens with zero attached hydrogens (tertiary/aromatic N) is 1. The van der Waals surface area contributed by atoms with Crippen molar-refractivity contribution in [1.82, 2.24) is 3.97 Å². The maximum absolute atomic E-state index is 13.4. The van der Waals surface area contributed by atoms with Gasteiger partial charge in [-0.05, 0) is 32.0 Å². The fraction of sp³-hybridized carbons (Fsp3) is 0.292. The van der Waals surface area contributed by atoms with E-state index in [1.807, 2.05) is 19.1 Å². The van der Waals surface area contributed by atoms with Crippen LogP contribution in [0.15, 0.2) is 71.5 Å². The predicted octanol–water partition coefficient (Wildman–Crippen LogP) is 4.36. The zero-order valence-corrected chi connectivity index (χ0v) is 19.4. The number of carbonyl (C=O) groups is 1. The van der Waals surface area contributed by atoms with Gasteiger partial charge in [-0.1, -0.05) is 35.9 Å². The number of methoxy groups -OCH3 is 2. The van der Waals surface area contributed by atoms with Crippen molar-refractivity contribution in [3.05, 3.63) is 77.7 Å². The Hall–Kier alpha value is -3.10. The molecule has 0 aliphatic heterocycles. The highest BCUT2D eigenvalue weighted by molar-refractivity contribution is 7.90. The van der Waals surface area contributed by atoms with Crippen LogP contribution in [0, 0.1) is 6.92 Å². The number of esters is 1. The quantitative estimate of drug-likeness (QED) is 0.270. The summed E-state index contributed by atoms with van der Waals surface area (Å²) >= 11 is 0. The molecule has 1 aromatic heterocycles. The first kappa shape index (κ1) is 23.6. The van der Waals surface area contributed by atoms with Crippen molar-refractivity contribution in [1.29, 1.82) is 0 Å². The lowest BCUT2D eigenvalue weighted by molar-refractivity contribution is -0.137. The van der Waals surface area contributed by atoms with Crippen molar-refractivity contribution in [2.45, 2.75) is 31.3 Å². The van der Waals surface area contributed by atoms with E-state index in [1.165, 1.54) is 24.3 Å². The number of fused-ring (bicyclic) bond motifs is 1. The smallest absolute Gasteiger partial charge is 0.334 e. The molecule has 1 unspecified atom stereocenters. The number of aromatic nitrogens is 1. The van der Waals surface area contributed by atoms with Gasteiger partial charge >= 0.3 is 5.97 Å². The summed E-state index contributed by atoms with van der Waals surface area (Å²) in [6.07, 6.45) is 2.53. The predicted molar refractivity (Wildman–Crippen MR) is 122 cm³/mol. The lowest BCUT2D eigenvalue weighted by atomic mass is 10.0. The maximum atomic E-state index is 13.4. The second kappa shape index (κ2) is 10.0. The van der Waals surface area contributed by atoms with Crippen LogP contribution < -0.4 is 0 Å². The van der Waals surface area contributed by atoms with Gasteiger partial charge in [-0.25, -0.2) is 17.2 Å². The van der Waals surface area contributed by atoms with Crippen molar-refractivity contribution in [2.24, 2.45) is 0 Å². The van der Waals surface area contributed by atoms with Crippen LogP contribution in [0.3, 0.4) is 0 Å². The molecule has 3 rings (SSSR count). The Bertz CT molecular complexity index is 1230. The molecule has 0 amide bonds. The molecule has 0 aliphatic carbocycles. The van der Waals surface area contributed by atoms with Crippen molar-refractivity contribution in [2.75, 3.05) is 20.8 Å². The summed E-state index contributed by atoms with van der Waals surface area (Å²) in [5.74, 6) is -0.142. The number of hydrogen-bond acceptors (Lipinski definition) is 6. The van der Waals surface area contributed by atoms with Gasteiger partial charge in [0.15, 0.2) is 0 Å². The molecule has 0 saturated heterocycles. The van der Waals surface area contributed by atoms with Crippen LogP contribution in [0.1, 0.15) is 30.6 Å². The molecule has 32 heavy (non-hydrogen) atoms. The molecule has 0 radical (unpaired) electrons. The molecule has 7 nitrogen and oxygen atoms in total. The van der Waals surface area contributed by atoms with Crippen LogP contribution in [0.25, 0.3) is 10.9 Å². The Balaban J connectivity index is 2.07.